The highest BCUT2D eigenvalue weighted by Gasteiger charge is 2.23. The number of pyridine rings is 2. The van der Waals surface area contributed by atoms with Crippen LogP contribution in [0.25, 0.3) is 22.7 Å². The molecule has 28 heavy (non-hydrogen) atoms. The van der Waals surface area contributed by atoms with Gasteiger partial charge in [-0.25, -0.2) is 9.97 Å². The van der Waals surface area contributed by atoms with Gasteiger partial charge in [-0.3, -0.25) is 9.36 Å². The first-order chi connectivity index (χ1) is 13.5. The second-order valence-electron chi connectivity index (χ2n) is 7.25. The average molecular weight is 375 g/mol. The molecular weight excluding hydrogens is 354 g/mol. The summed E-state index contributed by atoms with van der Waals surface area (Å²) < 4.78 is 3.78. The summed E-state index contributed by atoms with van der Waals surface area (Å²) in [5, 5.41) is 12.3. The normalized spacial score (nSPS) is 11.7. The van der Waals surface area contributed by atoms with Gasteiger partial charge in [0.05, 0.1) is 28.9 Å². The zero-order valence-electron chi connectivity index (χ0n) is 15.7. The number of aliphatic hydroxyl groups excluding tert-OH is 1. The van der Waals surface area contributed by atoms with E-state index in [1.54, 1.807) is 26.4 Å². The van der Waals surface area contributed by atoms with Crippen LogP contribution in [0, 0.1) is 0 Å². The van der Waals surface area contributed by atoms with E-state index in [2.05, 4.69) is 15.3 Å². The molecule has 4 heterocycles. The van der Waals surface area contributed by atoms with Gasteiger partial charge in [-0.15, -0.1) is 0 Å². The van der Waals surface area contributed by atoms with Gasteiger partial charge in [0.1, 0.15) is 17.8 Å². The third-order valence-electron chi connectivity index (χ3n) is 4.53. The van der Waals surface area contributed by atoms with Crippen LogP contribution < -0.4 is 5.32 Å². The number of aliphatic hydroxyl groups is 1. The molecule has 0 saturated heterocycles. The fourth-order valence-electron chi connectivity index (χ4n) is 3.03. The van der Waals surface area contributed by atoms with Crippen LogP contribution in [0.1, 0.15) is 24.2 Å². The van der Waals surface area contributed by atoms with Gasteiger partial charge in [-0.2, -0.15) is 0 Å². The monoisotopic (exact) mass is 375 g/mol. The van der Waals surface area contributed by atoms with E-state index in [4.69, 9.17) is 0 Å². The second-order valence-corrected chi connectivity index (χ2v) is 7.25. The number of amides is 1. The topological polar surface area (TPSA) is 84.5 Å². The first kappa shape index (κ1) is 17.9. The predicted octanol–water partition coefficient (Wildman–Crippen LogP) is 2.69. The number of imidazole rings is 1. The Labute approximate surface area is 162 Å². The summed E-state index contributed by atoms with van der Waals surface area (Å²) in [6.07, 6.45) is 7.22. The highest BCUT2D eigenvalue weighted by molar-refractivity contribution is 6.03. The number of hydrogen-bond donors (Lipinski definition) is 2. The molecule has 1 amide bonds. The number of hydrogen-bond acceptors (Lipinski definition) is 4. The summed E-state index contributed by atoms with van der Waals surface area (Å²) >= 11 is 0. The molecule has 0 aliphatic heterocycles. The number of rotatable bonds is 5. The van der Waals surface area contributed by atoms with E-state index in [9.17, 15) is 9.90 Å². The minimum Gasteiger partial charge on any atom is -0.394 e. The second kappa shape index (κ2) is 6.94. The van der Waals surface area contributed by atoms with Gasteiger partial charge in [0.15, 0.2) is 0 Å². The number of nitrogens with one attached hydrogen (secondary N) is 1. The minimum atomic E-state index is -0.707. The zero-order valence-corrected chi connectivity index (χ0v) is 15.7. The van der Waals surface area contributed by atoms with Crippen molar-refractivity contribution in [2.45, 2.75) is 19.4 Å². The van der Waals surface area contributed by atoms with Crippen molar-refractivity contribution >= 4 is 11.4 Å². The lowest BCUT2D eigenvalue weighted by Crippen LogP contribution is -2.46. The van der Waals surface area contributed by atoms with Gasteiger partial charge in [-0.05, 0) is 44.2 Å². The fraction of sp³-hybridized carbons (Fsp3) is 0.190. The van der Waals surface area contributed by atoms with E-state index in [-0.39, 0.29) is 12.5 Å². The summed E-state index contributed by atoms with van der Waals surface area (Å²) in [6, 6.07) is 13.2. The van der Waals surface area contributed by atoms with Crippen molar-refractivity contribution in [3.8, 4) is 17.2 Å². The predicted molar refractivity (Wildman–Crippen MR) is 106 cm³/mol. The average Bonchev–Trinajstić information content (AvgIpc) is 3.33. The van der Waals surface area contributed by atoms with Gasteiger partial charge < -0.3 is 14.8 Å². The van der Waals surface area contributed by atoms with Crippen LogP contribution in [0.5, 0.6) is 0 Å². The lowest BCUT2D eigenvalue weighted by atomic mass is 10.1. The number of carbonyl (C=O) groups excluding carboxylic acids is 1. The van der Waals surface area contributed by atoms with Gasteiger partial charge in [0, 0.05) is 18.6 Å². The Morgan fingerprint density at radius 1 is 1.18 bits per heavy atom. The van der Waals surface area contributed by atoms with Crippen molar-refractivity contribution in [1.82, 2.24) is 24.3 Å². The molecule has 7 heteroatoms. The van der Waals surface area contributed by atoms with E-state index in [0.717, 1.165) is 22.7 Å². The van der Waals surface area contributed by atoms with E-state index < -0.39 is 5.54 Å². The van der Waals surface area contributed by atoms with Crippen molar-refractivity contribution in [3.63, 3.8) is 0 Å². The maximum atomic E-state index is 12.8. The SMILES string of the molecule is CC(C)(CO)NC(=O)c1cc(-c2cn(-c3ccccn3)cn2)n2ccccc12. The maximum Gasteiger partial charge on any atom is 0.253 e. The Hall–Kier alpha value is -3.45. The van der Waals surface area contributed by atoms with Gasteiger partial charge >= 0.3 is 0 Å². The largest absolute Gasteiger partial charge is 0.394 e. The molecule has 0 aliphatic carbocycles. The molecule has 0 saturated carbocycles. The van der Waals surface area contributed by atoms with E-state index in [1.165, 1.54) is 0 Å². The molecule has 0 radical (unpaired) electrons. The van der Waals surface area contributed by atoms with Crippen LogP contribution in [0.15, 0.2) is 67.4 Å². The Morgan fingerprint density at radius 3 is 2.75 bits per heavy atom. The van der Waals surface area contributed by atoms with Crippen molar-refractivity contribution < 1.29 is 9.90 Å². The van der Waals surface area contributed by atoms with Crippen LogP contribution in [0.4, 0.5) is 0 Å². The van der Waals surface area contributed by atoms with Crippen LogP contribution in [-0.2, 0) is 0 Å². The highest BCUT2D eigenvalue weighted by Crippen LogP contribution is 2.26. The van der Waals surface area contributed by atoms with Crippen LogP contribution >= 0.6 is 0 Å². The van der Waals surface area contributed by atoms with Crippen molar-refractivity contribution in [2.75, 3.05) is 6.61 Å². The number of aromatic nitrogens is 4. The summed E-state index contributed by atoms with van der Waals surface area (Å²) in [5.74, 6) is 0.530. The molecule has 0 unspecified atom stereocenters. The molecule has 0 bridgehead atoms. The lowest BCUT2D eigenvalue weighted by molar-refractivity contribution is 0.0871. The van der Waals surface area contributed by atoms with Crippen LogP contribution in [0.2, 0.25) is 0 Å². The Kier molecular flexibility index (Phi) is 4.44. The maximum absolute atomic E-state index is 12.8. The van der Waals surface area contributed by atoms with Crippen molar-refractivity contribution in [3.05, 3.63) is 72.9 Å². The van der Waals surface area contributed by atoms with Gasteiger partial charge in [0.2, 0.25) is 0 Å². The van der Waals surface area contributed by atoms with Gasteiger partial charge in [0.25, 0.3) is 5.91 Å². The lowest BCUT2D eigenvalue weighted by Gasteiger charge is -2.23. The Balaban J connectivity index is 1.77. The zero-order chi connectivity index (χ0) is 19.7. The molecule has 0 atom stereocenters. The number of fused-ring (bicyclic) bond motifs is 1. The standard InChI is InChI=1S/C21H21N5O2/c1-21(2,13-27)24-20(28)15-11-18(26-10-6-4-7-17(15)26)16-12-25(14-23-16)19-8-3-5-9-22-19/h3-12,14,27H,13H2,1-2H3,(H,24,28). The Morgan fingerprint density at radius 2 is 2.00 bits per heavy atom. The van der Waals surface area contributed by atoms with E-state index in [1.807, 2.05) is 63.8 Å². The molecule has 4 aromatic heterocycles. The smallest absolute Gasteiger partial charge is 0.253 e. The molecule has 2 N–H and O–H groups in total. The van der Waals surface area contributed by atoms with Gasteiger partial charge in [-0.1, -0.05) is 12.1 Å². The first-order valence-electron chi connectivity index (χ1n) is 8.98. The molecule has 142 valence electrons. The summed E-state index contributed by atoms with van der Waals surface area (Å²) in [5.41, 5.74) is 2.13. The van der Waals surface area contributed by atoms with Crippen molar-refractivity contribution in [2.24, 2.45) is 0 Å². The number of nitrogens with zero attached hydrogens (tertiary/aromatic N) is 4. The van der Waals surface area contributed by atoms with Crippen molar-refractivity contribution in [1.29, 1.82) is 0 Å². The third kappa shape index (κ3) is 3.27. The molecule has 4 rings (SSSR count). The molecule has 0 aliphatic rings. The first-order valence-corrected chi connectivity index (χ1v) is 8.98. The fourth-order valence-corrected chi connectivity index (χ4v) is 3.03. The molecular formula is C21H21N5O2. The molecule has 0 aromatic carbocycles. The number of carbonyl (C=O) groups is 1. The van der Waals surface area contributed by atoms with E-state index in [0.29, 0.717) is 5.56 Å². The van der Waals surface area contributed by atoms with Crippen LogP contribution in [-0.4, -0.2) is 42.1 Å². The van der Waals surface area contributed by atoms with Crippen LogP contribution in [0.3, 0.4) is 0 Å². The highest BCUT2D eigenvalue weighted by atomic mass is 16.3. The quantitative estimate of drug-likeness (QED) is 0.562. The summed E-state index contributed by atoms with van der Waals surface area (Å²) in [7, 11) is 0. The Bertz CT molecular complexity index is 1130. The molecule has 4 aromatic rings. The molecule has 7 nitrogen and oxygen atoms in total. The molecule has 0 fully saturated rings. The summed E-state index contributed by atoms with van der Waals surface area (Å²) in [4.78, 5) is 21.7. The summed E-state index contributed by atoms with van der Waals surface area (Å²) in [6.45, 7) is 3.41. The van der Waals surface area contributed by atoms with E-state index >= 15 is 0 Å². The molecule has 0 spiro atoms. The minimum absolute atomic E-state index is 0.147. The third-order valence-corrected chi connectivity index (χ3v) is 4.53.